The Morgan fingerprint density at radius 2 is 1.65 bits per heavy atom. The Hall–Kier alpha value is -1.02. The summed E-state index contributed by atoms with van der Waals surface area (Å²) >= 11 is 12.2. The van der Waals surface area contributed by atoms with E-state index in [0.717, 1.165) is 0 Å². The fourth-order valence-corrected chi connectivity index (χ4v) is 3.05. The minimum Gasteiger partial charge on any atom is -0.388 e. The third kappa shape index (κ3) is 3.17. The first-order valence-electron chi connectivity index (χ1n) is 6.59. The quantitative estimate of drug-likeness (QED) is 0.826. The average molecular weight is 309 g/mol. The van der Waals surface area contributed by atoms with Crippen LogP contribution in [0, 0.1) is 20.8 Å². The molecular weight excluding hydrogens is 291 g/mol. The van der Waals surface area contributed by atoms with Crippen molar-refractivity contribution in [1.29, 1.82) is 0 Å². The summed E-state index contributed by atoms with van der Waals surface area (Å²) in [5.74, 6) is 0. The zero-order valence-corrected chi connectivity index (χ0v) is 13.4. The van der Waals surface area contributed by atoms with E-state index >= 15 is 0 Å². The van der Waals surface area contributed by atoms with Crippen molar-refractivity contribution in [3.05, 3.63) is 68.2 Å². The summed E-state index contributed by atoms with van der Waals surface area (Å²) in [5.41, 5.74) is 5.47. The van der Waals surface area contributed by atoms with E-state index < -0.39 is 6.10 Å². The lowest BCUT2D eigenvalue weighted by molar-refractivity contribution is 0.178. The highest BCUT2D eigenvalue weighted by Crippen LogP contribution is 2.32. The van der Waals surface area contributed by atoms with Crippen molar-refractivity contribution in [2.75, 3.05) is 0 Å². The molecule has 0 saturated carbocycles. The highest BCUT2D eigenvalue weighted by Gasteiger charge is 2.16. The van der Waals surface area contributed by atoms with E-state index in [1.54, 1.807) is 6.07 Å². The largest absolute Gasteiger partial charge is 0.388 e. The molecule has 1 atom stereocenters. The van der Waals surface area contributed by atoms with Crippen molar-refractivity contribution in [2.24, 2.45) is 0 Å². The summed E-state index contributed by atoms with van der Waals surface area (Å²) in [7, 11) is 0. The Labute approximate surface area is 130 Å². The minimum atomic E-state index is -0.652. The van der Waals surface area contributed by atoms with E-state index in [-0.39, 0.29) is 0 Å². The number of aliphatic hydroxyl groups is 1. The van der Waals surface area contributed by atoms with Crippen LogP contribution in [0.4, 0.5) is 0 Å². The monoisotopic (exact) mass is 308 g/mol. The summed E-state index contributed by atoms with van der Waals surface area (Å²) in [4.78, 5) is 0. The Bertz CT molecular complexity index is 612. The molecule has 1 N–H and O–H groups in total. The first-order chi connectivity index (χ1) is 9.40. The average Bonchev–Trinajstić information content (AvgIpc) is 2.36. The number of halogens is 2. The molecule has 0 spiro atoms. The van der Waals surface area contributed by atoms with Gasteiger partial charge in [0.1, 0.15) is 0 Å². The van der Waals surface area contributed by atoms with Crippen LogP contribution in [0.5, 0.6) is 0 Å². The predicted molar refractivity (Wildman–Crippen MR) is 85.8 cm³/mol. The van der Waals surface area contributed by atoms with Gasteiger partial charge in [0.05, 0.1) is 16.1 Å². The Morgan fingerprint density at radius 1 is 1.05 bits per heavy atom. The van der Waals surface area contributed by atoms with E-state index in [1.165, 1.54) is 22.3 Å². The first-order valence-corrected chi connectivity index (χ1v) is 7.34. The zero-order chi connectivity index (χ0) is 14.9. The van der Waals surface area contributed by atoms with Gasteiger partial charge in [-0.1, -0.05) is 53.0 Å². The molecule has 0 aromatic heterocycles. The molecule has 0 aliphatic heterocycles. The van der Waals surface area contributed by atoms with Crippen molar-refractivity contribution in [2.45, 2.75) is 33.3 Å². The Kier molecular flexibility index (Phi) is 4.74. The molecule has 0 saturated heterocycles. The first kappa shape index (κ1) is 15.4. The van der Waals surface area contributed by atoms with E-state index in [0.29, 0.717) is 22.0 Å². The lowest BCUT2D eigenvalue weighted by Gasteiger charge is -2.17. The maximum atomic E-state index is 10.5. The van der Waals surface area contributed by atoms with Crippen molar-refractivity contribution in [1.82, 2.24) is 0 Å². The maximum Gasteiger partial charge on any atom is 0.0845 e. The number of aliphatic hydroxyl groups excluding tert-OH is 1. The summed E-state index contributed by atoms with van der Waals surface area (Å²) in [6, 6.07) is 9.62. The zero-order valence-electron chi connectivity index (χ0n) is 11.9. The molecule has 0 aliphatic carbocycles. The highest BCUT2D eigenvalue weighted by molar-refractivity contribution is 6.42. The van der Waals surface area contributed by atoms with Crippen molar-refractivity contribution in [3.63, 3.8) is 0 Å². The van der Waals surface area contributed by atoms with Gasteiger partial charge >= 0.3 is 0 Å². The number of aryl methyl sites for hydroxylation is 3. The van der Waals surface area contributed by atoms with Crippen LogP contribution in [0.2, 0.25) is 10.0 Å². The van der Waals surface area contributed by atoms with Gasteiger partial charge in [-0.3, -0.25) is 0 Å². The van der Waals surface area contributed by atoms with E-state index in [1.807, 2.05) is 12.1 Å². The Balaban J connectivity index is 2.33. The van der Waals surface area contributed by atoms with Crippen molar-refractivity contribution >= 4 is 23.2 Å². The second-order valence-corrected chi connectivity index (χ2v) is 6.03. The van der Waals surface area contributed by atoms with E-state index in [2.05, 4.69) is 32.9 Å². The molecule has 20 heavy (non-hydrogen) atoms. The van der Waals surface area contributed by atoms with Gasteiger partial charge in [-0.2, -0.15) is 0 Å². The number of hydrogen-bond donors (Lipinski definition) is 1. The maximum absolute atomic E-state index is 10.5. The summed E-state index contributed by atoms with van der Waals surface area (Å²) < 4.78 is 0. The Morgan fingerprint density at radius 3 is 2.25 bits per heavy atom. The van der Waals surface area contributed by atoms with Gasteiger partial charge in [-0.05, 0) is 43.5 Å². The molecule has 0 radical (unpaired) electrons. The molecule has 106 valence electrons. The van der Waals surface area contributed by atoms with Gasteiger partial charge in [0.15, 0.2) is 0 Å². The molecule has 2 rings (SSSR count). The molecular formula is C17H18Cl2O. The van der Waals surface area contributed by atoms with E-state index in [4.69, 9.17) is 23.2 Å². The fourth-order valence-electron chi connectivity index (χ4n) is 2.61. The molecule has 3 heteroatoms. The molecule has 0 fully saturated rings. The van der Waals surface area contributed by atoms with Crippen LogP contribution < -0.4 is 0 Å². The van der Waals surface area contributed by atoms with Crippen LogP contribution in [-0.2, 0) is 6.42 Å². The molecule has 0 bridgehead atoms. The second kappa shape index (κ2) is 6.17. The van der Waals surface area contributed by atoms with Crippen LogP contribution in [0.3, 0.4) is 0 Å². The molecule has 1 unspecified atom stereocenters. The molecule has 0 heterocycles. The standard InChI is InChI=1S/C17H18Cl2O/c1-10-7-11(2)14(12(3)8-10)9-16(20)13-5-4-6-15(18)17(13)19/h4-8,16,20H,9H2,1-3H3. The van der Waals surface area contributed by atoms with Crippen LogP contribution in [0.15, 0.2) is 30.3 Å². The summed E-state index contributed by atoms with van der Waals surface area (Å²) in [6.45, 7) is 6.22. The molecule has 1 nitrogen and oxygen atoms in total. The summed E-state index contributed by atoms with van der Waals surface area (Å²) in [6.07, 6.45) is -0.112. The van der Waals surface area contributed by atoms with Crippen LogP contribution in [-0.4, -0.2) is 5.11 Å². The van der Waals surface area contributed by atoms with Crippen molar-refractivity contribution < 1.29 is 5.11 Å². The van der Waals surface area contributed by atoms with Crippen molar-refractivity contribution in [3.8, 4) is 0 Å². The molecule has 2 aromatic rings. The predicted octanol–water partition coefficient (Wildman–Crippen LogP) is 5.19. The number of rotatable bonds is 3. The van der Waals surface area contributed by atoms with Gasteiger partial charge in [0, 0.05) is 12.0 Å². The molecule has 0 aliphatic rings. The van der Waals surface area contributed by atoms with Crippen LogP contribution in [0.1, 0.15) is 33.9 Å². The van der Waals surface area contributed by atoms with Gasteiger partial charge < -0.3 is 5.11 Å². The highest BCUT2D eigenvalue weighted by atomic mass is 35.5. The third-order valence-electron chi connectivity index (χ3n) is 3.58. The van der Waals surface area contributed by atoms with Gasteiger partial charge in [0.2, 0.25) is 0 Å². The third-order valence-corrected chi connectivity index (χ3v) is 4.41. The lowest BCUT2D eigenvalue weighted by atomic mass is 9.93. The fraction of sp³-hybridized carbons (Fsp3) is 0.294. The van der Waals surface area contributed by atoms with E-state index in [9.17, 15) is 5.11 Å². The topological polar surface area (TPSA) is 20.2 Å². The van der Waals surface area contributed by atoms with Gasteiger partial charge in [-0.15, -0.1) is 0 Å². The normalized spacial score (nSPS) is 12.5. The molecule has 2 aromatic carbocycles. The smallest absolute Gasteiger partial charge is 0.0845 e. The van der Waals surface area contributed by atoms with Crippen LogP contribution in [0.25, 0.3) is 0 Å². The summed E-state index contributed by atoms with van der Waals surface area (Å²) in [5, 5.41) is 11.4. The lowest BCUT2D eigenvalue weighted by Crippen LogP contribution is -2.06. The number of hydrogen-bond acceptors (Lipinski definition) is 1. The molecule has 0 amide bonds. The van der Waals surface area contributed by atoms with Crippen LogP contribution >= 0.6 is 23.2 Å². The number of benzene rings is 2. The van der Waals surface area contributed by atoms with Gasteiger partial charge in [-0.25, -0.2) is 0 Å². The second-order valence-electron chi connectivity index (χ2n) is 5.24. The minimum absolute atomic E-state index is 0.434. The van der Waals surface area contributed by atoms with Gasteiger partial charge in [0.25, 0.3) is 0 Å². The SMILES string of the molecule is Cc1cc(C)c(CC(O)c2cccc(Cl)c2Cl)c(C)c1.